The Balaban J connectivity index is 3.00. The normalized spacial score (nSPS) is 14.7. The van der Waals surface area contributed by atoms with Crippen molar-refractivity contribution in [2.45, 2.75) is 12.5 Å². The first kappa shape index (κ1) is 9.74. The summed E-state index contributed by atoms with van der Waals surface area (Å²) >= 11 is 0. The molecule has 1 aromatic carbocycles. The van der Waals surface area contributed by atoms with Gasteiger partial charge >= 0.3 is 5.97 Å². The maximum absolute atomic E-state index is 11.8. The van der Waals surface area contributed by atoms with Crippen LogP contribution in [-0.4, -0.2) is 13.1 Å². The molecule has 0 bridgehead atoms. The van der Waals surface area contributed by atoms with E-state index in [1.54, 1.807) is 30.3 Å². The Morgan fingerprint density at radius 1 is 1.31 bits per heavy atom. The van der Waals surface area contributed by atoms with E-state index in [9.17, 15) is 9.90 Å². The first-order valence-corrected chi connectivity index (χ1v) is 3.93. The predicted molar refractivity (Wildman–Crippen MR) is 46.5 cm³/mol. The van der Waals surface area contributed by atoms with Crippen molar-refractivity contribution in [3.63, 3.8) is 0 Å². The van der Waals surface area contributed by atoms with Crippen LogP contribution in [0.15, 0.2) is 30.3 Å². The van der Waals surface area contributed by atoms with E-state index in [-0.39, 0.29) is 0 Å². The first-order chi connectivity index (χ1) is 6.09. The molecule has 0 N–H and O–H groups in total. The van der Waals surface area contributed by atoms with Crippen molar-refractivity contribution in [1.29, 1.82) is 0 Å². The van der Waals surface area contributed by atoms with Gasteiger partial charge in [0.25, 0.3) is 0 Å². The van der Waals surface area contributed by atoms with E-state index >= 15 is 0 Å². The Labute approximate surface area is 77.0 Å². The molecule has 0 saturated heterocycles. The molecular formula is C10H11O3. The molecule has 69 valence electrons. The second-order valence-corrected chi connectivity index (χ2v) is 2.89. The molecule has 1 radical (unpaired) electrons. The zero-order chi connectivity index (χ0) is 9.90. The molecule has 1 unspecified atom stereocenters. The summed E-state index contributed by atoms with van der Waals surface area (Å²) in [6.45, 7) is 1.30. The molecule has 3 heteroatoms. The highest BCUT2D eigenvalue weighted by atomic mass is 16.5. The van der Waals surface area contributed by atoms with Crippen LogP contribution in [0.25, 0.3) is 0 Å². The lowest BCUT2D eigenvalue weighted by Gasteiger charge is -2.17. The topological polar surface area (TPSA) is 46.2 Å². The van der Waals surface area contributed by atoms with Crippen molar-refractivity contribution in [1.82, 2.24) is 0 Å². The quantitative estimate of drug-likeness (QED) is 0.646. The van der Waals surface area contributed by atoms with Gasteiger partial charge in [-0.3, -0.25) is 0 Å². The van der Waals surface area contributed by atoms with Crippen LogP contribution in [0.3, 0.4) is 0 Å². The fourth-order valence-corrected chi connectivity index (χ4v) is 1.07. The zero-order valence-corrected chi connectivity index (χ0v) is 7.61. The minimum Gasteiger partial charge on any atom is -0.467 e. The van der Waals surface area contributed by atoms with Crippen LogP contribution in [0, 0.1) is 0 Å². The van der Waals surface area contributed by atoms with Crippen LogP contribution in [0.1, 0.15) is 12.5 Å². The lowest BCUT2D eigenvalue weighted by molar-refractivity contribution is -0.169. The van der Waals surface area contributed by atoms with Crippen LogP contribution < -0.4 is 0 Å². The van der Waals surface area contributed by atoms with Crippen molar-refractivity contribution in [3.8, 4) is 0 Å². The molecule has 0 aliphatic rings. The molecule has 1 atom stereocenters. The minimum atomic E-state index is -1.81. The molecule has 13 heavy (non-hydrogen) atoms. The van der Waals surface area contributed by atoms with E-state index in [1.165, 1.54) is 14.0 Å². The maximum Gasteiger partial charge on any atom is 0.345 e. The van der Waals surface area contributed by atoms with Crippen LogP contribution >= 0.6 is 0 Å². The van der Waals surface area contributed by atoms with Gasteiger partial charge in [-0.05, 0) is 12.5 Å². The zero-order valence-electron chi connectivity index (χ0n) is 7.61. The number of rotatable bonds is 2. The molecule has 0 spiro atoms. The lowest BCUT2D eigenvalue weighted by Crippen LogP contribution is -2.31. The number of hydrogen-bond donors (Lipinski definition) is 0. The Hall–Kier alpha value is -1.35. The molecule has 0 heterocycles. The number of hydrogen-bond acceptors (Lipinski definition) is 2. The van der Waals surface area contributed by atoms with Gasteiger partial charge in [0.15, 0.2) is 0 Å². The summed E-state index contributed by atoms with van der Waals surface area (Å²) in [7, 11) is 1.21. The largest absolute Gasteiger partial charge is 0.467 e. The second kappa shape index (κ2) is 3.58. The average Bonchev–Trinajstić information content (AvgIpc) is 2.18. The van der Waals surface area contributed by atoms with Crippen molar-refractivity contribution < 1.29 is 14.6 Å². The Morgan fingerprint density at radius 3 is 2.31 bits per heavy atom. The number of esters is 1. The van der Waals surface area contributed by atoms with E-state index in [2.05, 4.69) is 4.74 Å². The molecule has 0 fully saturated rings. The average molecular weight is 179 g/mol. The highest BCUT2D eigenvalue weighted by Gasteiger charge is 2.35. The predicted octanol–water partition coefficient (Wildman–Crippen LogP) is 1.51. The van der Waals surface area contributed by atoms with Crippen LogP contribution in [0.2, 0.25) is 0 Å². The lowest BCUT2D eigenvalue weighted by atomic mass is 9.96. The Kier molecular flexibility index (Phi) is 2.68. The van der Waals surface area contributed by atoms with Gasteiger partial charge < -0.3 is 4.74 Å². The molecule has 0 aliphatic heterocycles. The summed E-state index contributed by atoms with van der Waals surface area (Å²) in [5.41, 5.74) is -1.39. The number of ether oxygens (including phenoxy) is 1. The van der Waals surface area contributed by atoms with Crippen LogP contribution in [-0.2, 0) is 20.2 Å². The van der Waals surface area contributed by atoms with E-state index in [4.69, 9.17) is 0 Å². The van der Waals surface area contributed by atoms with Gasteiger partial charge in [-0.1, -0.05) is 30.3 Å². The van der Waals surface area contributed by atoms with Crippen molar-refractivity contribution in [2.24, 2.45) is 0 Å². The molecule has 0 aliphatic carbocycles. The van der Waals surface area contributed by atoms with Gasteiger partial charge in [0.1, 0.15) is 0 Å². The summed E-state index contributed by atoms with van der Waals surface area (Å²) in [4.78, 5) is 11.1. The van der Waals surface area contributed by atoms with E-state index < -0.39 is 11.6 Å². The summed E-state index contributed by atoms with van der Waals surface area (Å²) in [6, 6.07) is 8.45. The highest BCUT2D eigenvalue weighted by Crippen LogP contribution is 2.21. The van der Waals surface area contributed by atoms with Gasteiger partial charge in [0.05, 0.1) is 7.11 Å². The van der Waals surface area contributed by atoms with Crippen LogP contribution in [0.5, 0.6) is 0 Å². The first-order valence-electron chi connectivity index (χ1n) is 3.93. The number of carbonyl (C=O) groups is 1. The standard InChI is InChI=1S/C10H11O3/c1-10(12,9(11)13-2)8-6-4-3-5-7-8/h3-7H,1-2H3. The summed E-state index contributed by atoms with van der Waals surface area (Å²) in [5, 5.41) is 11.8. The molecule has 1 aromatic rings. The Bertz CT molecular complexity index is 290. The van der Waals surface area contributed by atoms with Gasteiger partial charge in [0, 0.05) is 0 Å². The van der Waals surface area contributed by atoms with E-state index in [0.29, 0.717) is 5.56 Å². The fraction of sp³-hybridized carbons (Fsp3) is 0.300. The molecule has 0 aromatic heterocycles. The third kappa shape index (κ3) is 1.87. The van der Waals surface area contributed by atoms with Crippen molar-refractivity contribution >= 4 is 5.97 Å². The van der Waals surface area contributed by atoms with Gasteiger partial charge in [-0.25, -0.2) is 9.90 Å². The SMILES string of the molecule is COC(=O)C(C)([O])c1ccccc1. The van der Waals surface area contributed by atoms with Crippen molar-refractivity contribution in [3.05, 3.63) is 35.9 Å². The summed E-state index contributed by atoms with van der Waals surface area (Å²) < 4.78 is 4.42. The van der Waals surface area contributed by atoms with Gasteiger partial charge in [-0.2, -0.15) is 0 Å². The van der Waals surface area contributed by atoms with Gasteiger partial charge in [0.2, 0.25) is 5.60 Å². The van der Waals surface area contributed by atoms with Gasteiger partial charge in [-0.15, -0.1) is 0 Å². The summed E-state index contributed by atoms with van der Waals surface area (Å²) in [6.07, 6.45) is 0. The number of methoxy groups -OCH3 is 1. The van der Waals surface area contributed by atoms with E-state index in [1.807, 2.05) is 0 Å². The van der Waals surface area contributed by atoms with Crippen LogP contribution in [0.4, 0.5) is 0 Å². The number of benzene rings is 1. The fourth-order valence-electron chi connectivity index (χ4n) is 1.07. The smallest absolute Gasteiger partial charge is 0.345 e. The monoisotopic (exact) mass is 179 g/mol. The minimum absolute atomic E-state index is 0.418. The molecule has 0 amide bonds. The number of carbonyl (C=O) groups excluding carboxylic acids is 1. The third-order valence-electron chi connectivity index (χ3n) is 1.90. The van der Waals surface area contributed by atoms with E-state index in [0.717, 1.165) is 0 Å². The molecule has 3 nitrogen and oxygen atoms in total. The molecular weight excluding hydrogens is 168 g/mol. The Morgan fingerprint density at radius 2 is 1.85 bits per heavy atom. The summed E-state index contributed by atoms with van der Waals surface area (Å²) in [5.74, 6) is -0.765. The van der Waals surface area contributed by atoms with Crippen molar-refractivity contribution in [2.75, 3.05) is 7.11 Å². The maximum atomic E-state index is 11.8. The molecule has 0 saturated carbocycles. The highest BCUT2D eigenvalue weighted by molar-refractivity contribution is 5.80. The second-order valence-electron chi connectivity index (χ2n) is 2.89. The third-order valence-corrected chi connectivity index (χ3v) is 1.90. The molecule has 1 rings (SSSR count).